The van der Waals surface area contributed by atoms with Crippen LogP contribution in [0.3, 0.4) is 0 Å². The molecule has 1 aliphatic rings. The molecule has 2 rings (SSSR count). The third-order valence-corrected chi connectivity index (χ3v) is 4.72. The van der Waals surface area contributed by atoms with Crippen LogP contribution in [0.1, 0.15) is 38.7 Å². The second-order valence-corrected chi connectivity index (χ2v) is 6.20. The predicted molar refractivity (Wildman–Crippen MR) is 82.2 cm³/mol. The Bertz CT molecular complexity index is 372. The molecule has 0 aliphatic heterocycles. The first-order valence-corrected chi connectivity index (χ1v) is 7.67. The molecule has 0 saturated heterocycles. The maximum absolute atomic E-state index is 6.12. The summed E-state index contributed by atoms with van der Waals surface area (Å²) in [4.78, 5) is 2.60. The van der Waals surface area contributed by atoms with E-state index in [-0.39, 0.29) is 5.54 Å². The van der Waals surface area contributed by atoms with Gasteiger partial charge in [0.15, 0.2) is 0 Å². The number of hydrogen-bond donors (Lipinski definition) is 1. The standard InChI is InChI=1S/C17H28N2/c1-3-19(13-16-10-7-11-16)17(2,14-18)12-15-8-5-4-6-9-15/h4-6,8-9,16H,3,7,10-14,18H2,1-2H3. The number of likely N-dealkylation sites (N-methyl/N-ethyl adjacent to an activating group) is 1. The van der Waals surface area contributed by atoms with Crippen molar-refractivity contribution in [3.63, 3.8) is 0 Å². The lowest BCUT2D eigenvalue weighted by atomic mass is 9.82. The molecule has 0 radical (unpaired) electrons. The molecule has 2 nitrogen and oxygen atoms in total. The van der Waals surface area contributed by atoms with Crippen molar-refractivity contribution >= 4 is 0 Å². The first-order valence-electron chi connectivity index (χ1n) is 7.67. The summed E-state index contributed by atoms with van der Waals surface area (Å²) in [6, 6.07) is 10.7. The highest BCUT2D eigenvalue weighted by molar-refractivity contribution is 5.18. The van der Waals surface area contributed by atoms with Gasteiger partial charge in [-0.05, 0) is 44.2 Å². The molecule has 1 unspecified atom stereocenters. The van der Waals surface area contributed by atoms with E-state index in [1.165, 1.54) is 31.4 Å². The molecule has 2 N–H and O–H groups in total. The van der Waals surface area contributed by atoms with Crippen LogP contribution < -0.4 is 5.73 Å². The maximum Gasteiger partial charge on any atom is 0.0343 e. The first kappa shape index (κ1) is 14.5. The van der Waals surface area contributed by atoms with E-state index in [4.69, 9.17) is 5.73 Å². The molecule has 0 heterocycles. The molecular weight excluding hydrogens is 232 g/mol. The van der Waals surface area contributed by atoms with Crippen LogP contribution in [0, 0.1) is 5.92 Å². The zero-order valence-electron chi connectivity index (χ0n) is 12.4. The molecule has 1 atom stereocenters. The number of rotatable bonds is 7. The highest BCUT2D eigenvalue weighted by Gasteiger charge is 2.32. The van der Waals surface area contributed by atoms with Crippen molar-refractivity contribution in [3.8, 4) is 0 Å². The van der Waals surface area contributed by atoms with Crippen LogP contribution in [0.15, 0.2) is 30.3 Å². The van der Waals surface area contributed by atoms with E-state index < -0.39 is 0 Å². The Morgan fingerprint density at radius 1 is 1.26 bits per heavy atom. The van der Waals surface area contributed by atoms with Gasteiger partial charge in [0, 0.05) is 18.6 Å². The Labute approximate surface area is 118 Å². The van der Waals surface area contributed by atoms with Crippen molar-refractivity contribution in [2.45, 2.75) is 45.1 Å². The lowest BCUT2D eigenvalue weighted by Crippen LogP contribution is -2.55. The number of hydrogen-bond acceptors (Lipinski definition) is 2. The molecule has 0 amide bonds. The highest BCUT2D eigenvalue weighted by Crippen LogP contribution is 2.30. The van der Waals surface area contributed by atoms with E-state index in [0.29, 0.717) is 0 Å². The van der Waals surface area contributed by atoms with Crippen LogP contribution in [0.5, 0.6) is 0 Å². The van der Waals surface area contributed by atoms with Crippen LogP contribution in [0.4, 0.5) is 0 Å². The van der Waals surface area contributed by atoms with E-state index >= 15 is 0 Å². The molecule has 1 aromatic rings. The molecule has 0 aromatic heterocycles. The fourth-order valence-electron chi connectivity index (χ4n) is 3.07. The Morgan fingerprint density at radius 3 is 2.42 bits per heavy atom. The molecule has 106 valence electrons. The quantitative estimate of drug-likeness (QED) is 0.816. The lowest BCUT2D eigenvalue weighted by molar-refractivity contribution is 0.0759. The molecular formula is C17H28N2. The molecule has 1 saturated carbocycles. The Kier molecular flexibility index (Phi) is 5.00. The van der Waals surface area contributed by atoms with Gasteiger partial charge in [-0.1, -0.05) is 43.7 Å². The van der Waals surface area contributed by atoms with Crippen LogP contribution >= 0.6 is 0 Å². The number of nitrogens with two attached hydrogens (primary N) is 1. The topological polar surface area (TPSA) is 29.3 Å². The van der Waals surface area contributed by atoms with Crippen molar-refractivity contribution in [3.05, 3.63) is 35.9 Å². The molecule has 0 bridgehead atoms. The minimum Gasteiger partial charge on any atom is -0.329 e. The van der Waals surface area contributed by atoms with Crippen molar-refractivity contribution in [2.75, 3.05) is 19.6 Å². The van der Waals surface area contributed by atoms with Gasteiger partial charge in [-0.2, -0.15) is 0 Å². The van der Waals surface area contributed by atoms with Crippen LogP contribution in [-0.2, 0) is 6.42 Å². The summed E-state index contributed by atoms with van der Waals surface area (Å²) in [5.41, 5.74) is 7.61. The first-order chi connectivity index (χ1) is 9.18. The van der Waals surface area contributed by atoms with Gasteiger partial charge < -0.3 is 5.73 Å². The molecule has 1 fully saturated rings. The van der Waals surface area contributed by atoms with Gasteiger partial charge in [0.1, 0.15) is 0 Å². The summed E-state index contributed by atoms with van der Waals surface area (Å²) in [5, 5.41) is 0. The zero-order valence-corrected chi connectivity index (χ0v) is 12.4. The summed E-state index contributed by atoms with van der Waals surface area (Å²) < 4.78 is 0. The SMILES string of the molecule is CCN(CC1CCC1)C(C)(CN)Cc1ccccc1. The number of benzene rings is 1. The Balaban J connectivity index is 2.05. The minimum atomic E-state index is 0.0890. The molecule has 1 aromatic carbocycles. The van der Waals surface area contributed by atoms with Crippen molar-refractivity contribution in [1.29, 1.82) is 0 Å². The summed E-state index contributed by atoms with van der Waals surface area (Å²) in [6.45, 7) is 7.62. The molecule has 1 aliphatic carbocycles. The van der Waals surface area contributed by atoms with Gasteiger partial charge in [0.05, 0.1) is 0 Å². The fourth-order valence-corrected chi connectivity index (χ4v) is 3.07. The van der Waals surface area contributed by atoms with E-state index in [9.17, 15) is 0 Å². The normalized spacial score (nSPS) is 19.2. The van der Waals surface area contributed by atoms with Crippen LogP contribution in [0.2, 0.25) is 0 Å². The Hall–Kier alpha value is -0.860. The third-order valence-electron chi connectivity index (χ3n) is 4.72. The second kappa shape index (κ2) is 6.53. The van der Waals surface area contributed by atoms with E-state index in [1.807, 2.05) is 0 Å². The number of nitrogens with zero attached hydrogens (tertiary/aromatic N) is 1. The monoisotopic (exact) mass is 260 g/mol. The van der Waals surface area contributed by atoms with Gasteiger partial charge in [-0.3, -0.25) is 4.90 Å². The van der Waals surface area contributed by atoms with Crippen molar-refractivity contribution < 1.29 is 0 Å². The van der Waals surface area contributed by atoms with E-state index in [1.54, 1.807) is 0 Å². The van der Waals surface area contributed by atoms with Gasteiger partial charge in [-0.25, -0.2) is 0 Å². The largest absolute Gasteiger partial charge is 0.329 e. The zero-order chi connectivity index (χ0) is 13.7. The van der Waals surface area contributed by atoms with Gasteiger partial charge in [0.2, 0.25) is 0 Å². The summed E-state index contributed by atoms with van der Waals surface area (Å²) in [6.07, 6.45) is 5.27. The summed E-state index contributed by atoms with van der Waals surface area (Å²) in [7, 11) is 0. The van der Waals surface area contributed by atoms with E-state index in [0.717, 1.165) is 25.4 Å². The Morgan fingerprint density at radius 2 is 1.95 bits per heavy atom. The highest BCUT2D eigenvalue weighted by atomic mass is 15.2. The van der Waals surface area contributed by atoms with Crippen molar-refractivity contribution in [1.82, 2.24) is 4.90 Å². The third kappa shape index (κ3) is 3.58. The average Bonchev–Trinajstić information content (AvgIpc) is 2.38. The van der Waals surface area contributed by atoms with Gasteiger partial charge >= 0.3 is 0 Å². The maximum atomic E-state index is 6.12. The average molecular weight is 260 g/mol. The summed E-state index contributed by atoms with van der Waals surface area (Å²) in [5.74, 6) is 0.904. The summed E-state index contributed by atoms with van der Waals surface area (Å²) >= 11 is 0. The molecule has 2 heteroatoms. The van der Waals surface area contributed by atoms with Crippen LogP contribution in [0.25, 0.3) is 0 Å². The smallest absolute Gasteiger partial charge is 0.0343 e. The lowest BCUT2D eigenvalue weighted by Gasteiger charge is -2.44. The van der Waals surface area contributed by atoms with Gasteiger partial charge in [0.25, 0.3) is 0 Å². The van der Waals surface area contributed by atoms with Gasteiger partial charge in [-0.15, -0.1) is 0 Å². The molecule has 0 spiro atoms. The van der Waals surface area contributed by atoms with E-state index in [2.05, 4.69) is 49.1 Å². The predicted octanol–water partition coefficient (Wildman–Crippen LogP) is 3.07. The second-order valence-electron chi connectivity index (χ2n) is 6.20. The minimum absolute atomic E-state index is 0.0890. The van der Waals surface area contributed by atoms with Crippen molar-refractivity contribution in [2.24, 2.45) is 11.7 Å². The van der Waals surface area contributed by atoms with Crippen LogP contribution in [-0.4, -0.2) is 30.1 Å². The fraction of sp³-hybridized carbons (Fsp3) is 0.647. The molecule has 19 heavy (non-hydrogen) atoms.